The van der Waals surface area contributed by atoms with E-state index in [-0.39, 0.29) is 16.2 Å². The van der Waals surface area contributed by atoms with Gasteiger partial charge in [-0.1, -0.05) is 37.3 Å². The van der Waals surface area contributed by atoms with E-state index in [0.29, 0.717) is 12.4 Å². The van der Waals surface area contributed by atoms with Crippen LogP contribution in [0.5, 0.6) is 5.75 Å². The first kappa shape index (κ1) is 15.1. The van der Waals surface area contributed by atoms with Crippen molar-refractivity contribution in [2.75, 3.05) is 6.61 Å². The van der Waals surface area contributed by atoms with Crippen molar-refractivity contribution in [1.29, 1.82) is 0 Å². The molecule has 0 aromatic heterocycles. The quantitative estimate of drug-likeness (QED) is 0.522. The van der Waals surface area contributed by atoms with Gasteiger partial charge in [0.25, 0.3) is 5.69 Å². The average Bonchev–Trinajstić information content (AvgIpc) is 2.62. The Morgan fingerprint density at radius 3 is 2.50 bits per heavy atom. The Hall–Kier alpha value is -1.33. The number of nitrogens with zero attached hydrogens (tertiary/aromatic N) is 1. The number of hydrogen-bond donors (Lipinski definition) is 1. The number of halogens is 1. The number of hydrogen-bond acceptors (Lipinski definition) is 4. The highest BCUT2D eigenvalue weighted by atomic mass is 35.5. The summed E-state index contributed by atoms with van der Waals surface area (Å²) in [5.74, 6) is 0.450. The molecule has 1 aromatic rings. The van der Waals surface area contributed by atoms with Crippen molar-refractivity contribution in [3.8, 4) is 5.75 Å². The molecule has 0 heterocycles. The molecule has 1 aromatic carbocycles. The van der Waals surface area contributed by atoms with Crippen LogP contribution in [0.3, 0.4) is 0 Å². The van der Waals surface area contributed by atoms with E-state index in [9.17, 15) is 10.1 Å². The largest absolute Gasteiger partial charge is 0.490 e. The number of rotatable bonds is 4. The van der Waals surface area contributed by atoms with E-state index >= 15 is 0 Å². The molecule has 1 fully saturated rings. The zero-order valence-electron chi connectivity index (χ0n) is 11.3. The topological polar surface area (TPSA) is 78.4 Å². The third kappa shape index (κ3) is 3.84. The second-order valence-corrected chi connectivity index (χ2v) is 5.84. The standard InChI is InChI=1S/C14H19ClN2O3/c15-12-9-11(17(18)19)5-6-13(12)20-10-14(16)7-3-1-2-4-8-14/h5-6,9H,1-4,7-8,10,16H2. The number of ether oxygens (including phenoxy) is 1. The van der Waals surface area contributed by atoms with Crippen molar-refractivity contribution in [2.24, 2.45) is 5.73 Å². The molecule has 0 saturated heterocycles. The molecule has 0 radical (unpaired) electrons. The Morgan fingerprint density at radius 1 is 1.30 bits per heavy atom. The molecule has 0 unspecified atom stereocenters. The van der Waals surface area contributed by atoms with Crippen LogP contribution in [0.25, 0.3) is 0 Å². The number of benzene rings is 1. The summed E-state index contributed by atoms with van der Waals surface area (Å²) < 4.78 is 5.69. The Kier molecular flexibility index (Phi) is 4.83. The van der Waals surface area contributed by atoms with Gasteiger partial charge in [-0.25, -0.2) is 0 Å². The molecule has 0 amide bonds. The third-order valence-corrected chi connectivity index (χ3v) is 4.04. The molecule has 2 N–H and O–H groups in total. The van der Waals surface area contributed by atoms with Crippen LogP contribution in [-0.4, -0.2) is 17.1 Å². The van der Waals surface area contributed by atoms with Crippen LogP contribution in [0.4, 0.5) is 5.69 Å². The fourth-order valence-corrected chi connectivity index (χ4v) is 2.75. The van der Waals surface area contributed by atoms with Gasteiger partial charge < -0.3 is 10.5 Å². The summed E-state index contributed by atoms with van der Waals surface area (Å²) in [4.78, 5) is 10.2. The van der Waals surface area contributed by atoms with Gasteiger partial charge in [0.15, 0.2) is 0 Å². The molecule has 1 aliphatic carbocycles. The smallest absolute Gasteiger partial charge is 0.271 e. The lowest BCUT2D eigenvalue weighted by molar-refractivity contribution is -0.384. The van der Waals surface area contributed by atoms with Crippen molar-refractivity contribution in [3.63, 3.8) is 0 Å². The van der Waals surface area contributed by atoms with Crippen LogP contribution >= 0.6 is 11.6 Å². The maximum atomic E-state index is 10.6. The molecule has 2 rings (SSSR count). The van der Waals surface area contributed by atoms with Crippen molar-refractivity contribution < 1.29 is 9.66 Å². The van der Waals surface area contributed by atoms with Crippen LogP contribution in [0.2, 0.25) is 5.02 Å². The lowest BCUT2D eigenvalue weighted by Crippen LogP contribution is -2.45. The molecule has 0 bridgehead atoms. The molecule has 6 heteroatoms. The zero-order chi connectivity index (χ0) is 14.6. The SMILES string of the molecule is NC1(COc2ccc([N+](=O)[O-])cc2Cl)CCCCCC1. The first-order valence-electron chi connectivity index (χ1n) is 6.86. The van der Waals surface area contributed by atoms with Crippen LogP contribution in [0, 0.1) is 10.1 Å². The normalized spacial score (nSPS) is 18.3. The van der Waals surface area contributed by atoms with Gasteiger partial charge in [-0.3, -0.25) is 10.1 Å². The summed E-state index contributed by atoms with van der Waals surface area (Å²) >= 11 is 6.00. The number of non-ortho nitro benzene ring substituents is 1. The maximum absolute atomic E-state index is 10.6. The molecule has 5 nitrogen and oxygen atoms in total. The van der Waals surface area contributed by atoms with Crippen molar-refractivity contribution in [1.82, 2.24) is 0 Å². The average molecular weight is 299 g/mol. The van der Waals surface area contributed by atoms with Gasteiger partial charge in [0.05, 0.1) is 15.5 Å². The fourth-order valence-electron chi connectivity index (χ4n) is 2.52. The number of nitro benzene ring substituents is 1. The van der Waals surface area contributed by atoms with Gasteiger partial charge in [-0.2, -0.15) is 0 Å². The lowest BCUT2D eigenvalue weighted by Gasteiger charge is -2.28. The minimum Gasteiger partial charge on any atom is -0.490 e. The first-order valence-corrected chi connectivity index (χ1v) is 7.24. The second-order valence-electron chi connectivity index (χ2n) is 5.44. The van der Waals surface area contributed by atoms with Crippen LogP contribution in [-0.2, 0) is 0 Å². The van der Waals surface area contributed by atoms with Crippen molar-refractivity contribution in [2.45, 2.75) is 44.1 Å². The minimum atomic E-state index is -0.481. The van der Waals surface area contributed by atoms with Crippen LogP contribution in [0.1, 0.15) is 38.5 Å². The number of nitrogens with two attached hydrogens (primary N) is 1. The third-order valence-electron chi connectivity index (χ3n) is 3.74. The highest BCUT2D eigenvalue weighted by Gasteiger charge is 2.27. The Bertz CT molecular complexity index is 485. The predicted molar refractivity (Wildman–Crippen MR) is 78.2 cm³/mol. The molecular weight excluding hydrogens is 280 g/mol. The van der Waals surface area contributed by atoms with Gasteiger partial charge in [0, 0.05) is 12.1 Å². The molecule has 0 aliphatic heterocycles. The molecule has 20 heavy (non-hydrogen) atoms. The van der Waals surface area contributed by atoms with E-state index in [2.05, 4.69) is 0 Å². The Morgan fingerprint density at radius 2 is 1.95 bits per heavy atom. The number of nitro groups is 1. The summed E-state index contributed by atoms with van der Waals surface area (Å²) in [6.45, 7) is 0.393. The molecule has 0 atom stereocenters. The molecule has 110 valence electrons. The summed E-state index contributed by atoms with van der Waals surface area (Å²) in [6, 6.07) is 4.21. The van der Waals surface area contributed by atoms with Crippen LogP contribution in [0.15, 0.2) is 18.2 Å². The summed E-state index contributed by atoms with van der Waals surface area (Å²) in [5, 5.41) is 10.9. The van der Waals surface area contributed by atoms with Gasteiger partial charge >= 0.3 is 0 Å². The molecular formula is C14H19ClN2O3. The van der Waals surface area contributed by atoms with E-state index in [1.165, 1.54) is 31.0 Å². The Balaban J connectivity index is 2.01. The first-order chi connectivity index (χ1) is 9.50. The van der Waals surface area contributed by atoms with Crippen molar-refractivity contribution >= 4 is 17.3 Å². The van der Waals surface area contributed by atoms with Crippen molar-refractivity contribution in [3.05, 3.63) is 33.3 Å². The lowest BCUT2D eigenvalue weighted by atomic mass is 9.92. The molecule has 1 saturated carbocycles. The highest BCUT2D eigenvalue weighted by molar-refractivity contribution is 6.32. The predicted octanol–water partition coefficient (Wildman–Crippen LogP) is 3.68. The summed E-state index contributed by atoms with van der Waals surface area (Å²) in [7, 11) is 0. The van der Waals surface area contributed by atoms with Gasteiger partial charge in [0.2, 0.25) is 0 Å². The van der Waals surface area contributed by atoms with E-state index in [1.54, 1.807) is 0 Å². The fraction of sp³-hybridized carbons (Fsp3) is 0.571. The minimum absolute atomic E-state index is 0.0423. The molecule has 1 aliphatic rings. The Labute approximate surface area is 123 Å². The van der Waals surface area contributed by atoms with E-state index < -0.39 is 4.92 Å². The van der Waals surface area contributed by atoms with E-state index in [4.69, 9.17) is 22.1 Å². The van der Waals surface area contributed by atoms with Gasteiger partial charge in [0.1, 0.15) is 12.4 Å². The van der Waals surface area contributed by atoms with E-state index in [1.807, 2.05) is 0 Å². The zero-order valence-corrected chi connectivity index (χ0v) is 12.1. The highest BCUT2D eigenvalue weighted by Crippen LogP contribution is 2.31. The summed E-state index contributed by atoms with van der Waals surface area (Å²) in [6.07, 6.45) is 6.56. The second kappa shape index (κ2) is 6.41. The van der Waals surface area contributed by atoms with Crippen LogP contribution < -0.4 is 10.5 Å². The van der Waals surface area contributed by atoms with Gasteiger partial charge in [-0.05, 0) is 18.9 Å². The summed E-state index contributed by atoms with van der Waals surface area (Å²) in [5.41, 5.74) is 6.00. The monoisotopic (exact) mass is 298 g/mol. The van der Waals surface area contributed by atoms with Gasteiger partial charge in [-0.15, -0.1) is 0 Å². The molecule has 0 spiro atoms. The maximum Gasteiger partial charge on any atom is 0.271 e. The van der Waals surface area contributed by atoms with E-state index in [0.717, 1.165) is 25.7 Å².